The minimum absolute atomic E-state index is 0.354. The molecule has 0 spiro atoms. The highest BCUT2D eigenvalue weighted by atomic mass is 32.2. The van der Waals surface area contributed by atoms with Crippen molar-refractivity contribution in [3.63, 3.8) is 0 Å². The lowest BCUT2D eigenvalue weighted by Crippen LogP contribution is -2.17. The van der Waals surface area contributed by atoms with Crippen molar-refractivity contribution < 1.29 is 9.90 Å². The Labute approximate surface area is 146 Å². The maximum Gasteiger partial charge on any atom is 0.316 e. The van der Waals surface area contributed by atoms with Crippen molar-refractivity contribution in [3.05, 3.63) is 29.8 Å². The Morgan fingerprint density at radius 2 is 2.04 bits per heavy atom. The van der Waals surface area contributed by atoms with Crippen LogP contribution in [0.4, 0.5) is 0 Å². The van der Waals surface area contributed by atoms with Crippen LogP contribution >= 0.6 is 11.8 Å². The van der Waals surface area contributed by atoms with E-state index in [-0.39, 0.29) is 0 Å². The average Bonchev–Trinajstić information content (AvgIpc) is 2.99. The van der Waals surface area contributed by atoms with Gasteiger partial charge in [0.25, 0.3) is 0 Å². The van der Waals surface area contributed by atoms with Gasteiger partial charge in [0.2, 0.25) is 0 Å². The van der Waals surface area contributed by atoms with Crippen LogP contribution in [0.3, 0.4) is 0 Å². The van der Waals surface area contributed by atoms with E-state index in [0.717, 1.165) is 24.2 Å². The number of nitrogens with zero attached hydrogens (tertiary/aromatic N) is 3. The fourth-order valence-corrected chi connectivity index (χ4v) is 4.07. The molecule has 0 radical (unpaired) electrons. The van der Waals surface area contributed by atoms with Gasteiger partial charge in [0.1, 0.15) is 5.25 Å². The minimum atomic E-state index is -0.824. The Morgan fingerprint density at radius 1 is 1.29 bits per heavy atom. The van der Waals surface area contributed by atoms with Crippen LogP contribution in [0.25, 0.3) is 11.4 Å². The second-order valence-electron chi connectivity index (χ2n) is 6.44. The molecule has 0 unspecified atom stereocenters. The normalized spacial score (nSPS) is 16.9. The first-order valence-electron chi connectivity index (χ1n) is 8.47. The summed E-state index contributed by atoms with van der Waals surface area (Å²) in [5.74, 6) is 0.0287. The van der Waals surface area contributed by atoms with Crippen LogP contribution in [-0.4, -0.2) is 31.1 Å². The summed E-state index contributed by atoms with van der Waals surface area (Å²) in [5.41, 5.74) is 2.22. The molecule has 0 saturated heterocycles. The summed E-state index contributed by atoms with van der Waals surface area (Å²) in [6, 6.07) is 8.60. The maximum absolute atomic E-state index is 11.2. The predicted octanol–water partition coefficient (Wildman–Crippen LogP) is 4.32. The third-order valence-corrected chi connectivity index (χ3v) is 5.55. The van der Waals surface area contributed by atoms with E-state index >= 15 is 0 Å². The van der Waals surface area contributed by atoms with Crippen molar-refractivity contribution in [1.82, 2.24) is 14.8 Å². The molecule has 6 heteroatoms. The topological polar surface area (TPSA) is 68.0 Å². The number of aliphatic carboxylic acids is 1. The molecule has 3 rings (SSSR count). The van der Waals surface area contributed by atoms with Crippen molar-refractivity contribution in [3.8, 4) is 11.4 Å². The number of hydrogen-bond donors (Lipinski definition) is 1. The van der Waals surface area contributed by atoms with Gasteiger partial charge in [-0.3, -0.25) is 9.36 Å². The molecular formula is C18H23N3O2S. The Kier molecular flexibility index (Phi) is 5.23. The van der Waals surface area contributed by atoms with Crippen LogP contribution in [0.1, 0.15) is 50.6 Å². The van der Waals surface area contributed by atoms with Gasteiger partial charge in [-0.15, -0.1) is 10.2 Å². The highest BCUT2D eigenvalue weighted by molar-refractivity contribution is 8.00. The molecule has 128 valence electrons. The van der Waals surface area contributed by atoms with Crippen LogP contribution in [-0.2, 0) is 4.79 Å². The van der Waals surface area contributed by atoms with Crippen LogP contribution in [0, 0.1) is 6.92 Å². The molecule has 1 N–H and O–H groups in total. The molecule has 24 heavy (non-hydrogen) atoms. The second kappa shape index (κ2) is 7.38. The number of aryl methyl sites for hydroxylation is 1. The minimum Gasteiger partial charge on any atom is -0.480 e. The van der Waals surface area contributed by atoms with Crippen LogP contribution < -0.4 is 0 Å². The van der Waals surface area contributed by atoms with Crippen molar-refractivity contribution in [2.24, 2.45) is 0 Å². The van der Waals surface area contributed by atoms with Gasteiger partial charge in [-0.25, -0.2) is 0 Å². The van der Waals surface area contributed by atoms with E-state index < -0.39 is 11.2 Å². The molecular weight excluding hydrogens is 322 g/mol. The molecule has 0 bridgehead atoms. The number of hydrogen-bond acceptors (Lipinski definition) is 4. The summed E-state index contributed by atoms with van der Waals surface area (Å²) in [5, 5.41) is 18.1. The lowest BCUT2D eigenvalue weighted by molar-refractivity contribution is -0.136. The van der Waals surface area contributed by atoms with E-state index in [1.165, 1.54) is 36.6 Å². The van der Waals surface area contributed by atoms with Gasteiger partial charge in [0, 0.05) is 11.6 Å². The average molecular weight is 345 g/mol. The number of carboxylic acid groups (broad SMARTS) is 1. The van der Waals surface area contributed by atoms with Crippen LogP contribution in [0.5, 0.6) is 0 Å². The molecule has 1 aromatic carbocycles. The zero-order valence-corrected chi connectivity index (χ0v) is 14.9. The molecule has 1 fully saturated rings. The Balaban J connectivity index is 2.01. The summed E-state index contributed by atoms with van der Waals surface area (Å²) >= 11 is 1.28. The SMILES string of the molecule is Cc1cccc(-c2nnc(S[C@@H](C)C(=O)O)n2C2CCCCC2)c1. The van der Waals surface area contributed by atoms with Crippen LogP contribution in [0.15, 0.2) is 29.4 Å². The molecule has 1 heterocycles. The van der Waals surface area contributed by atoms with Crippen molar-refractivity contribution in [1.29, 1.82) is 0 Å². The smallest absolute Gasteiger partial charge is 0.316 e. The van der Waals surface area contributed by atoms with E-state index in [2.05, 4.69) is 33.8 Å². The van der Waals surface area contributed by atoms with Gasteiger partial charge >= 0.3 is 5.97 Å². The highest BCUT2D eigenvalue weighted by Crippen LogP contribution is 2.36. The van der Waals surface area contributed by atoms with E-state index in [1.54, 1.807) is 6.92 Å². The number of aromatic nitrogens is 3. The molecule has 1 aliphatic carbocycles. The van der Waals surface area contributed by atoms with Crippen molar-refractivity contribution >= 4 is 17.7 Å². The third kappa shape index (κ3) is 3.64. The fraction of sp³-hybridized carbons (Fsp3) is 0.500. The zero-order valence-electron chi connectivity index (χ0n) is 14.1. The molecule has 0 aliphatic heterocycles. The lowest BCUT2D eigenvalue weighted by atomic mass is 9.95. The number of thioether (sulfide) groups is 1. The van der Waals surface area contributed by atoms with E-state index in [1.807, 2.05) is 12.1 Å². The molecule has 0 amide bonds. The number of carboxylic acids is 1. The van der Waals surface area contributed by atoms with E-state index in [4.69, 9.17) is 0 Å². The van der Waals surface area contributed by atoms with Crippen molar-refractivity contribution in [2.75, 3.05) is 0 Å². The zero-order chi connectivity index (χ0) is 17.1. The lowest BCUT2D eigenvalue weighted by Gasteiger charge is -2.26. The number of carbonyl (C=O) groups is 1. The van der Waals surface area contributed by atoms with Gasteiger partial charge in [-0.1, -0.05) is 54.8 Å². The first-order valence-corrected chi connectivity index (χ1v) is 9.35. The van der Waals surface area contributed by atoms with Crippen molar-refractivity contribution in [2.45, 2.75) is 62.4 Å². The maximum atomic E-state index is 11.2. The predicted molar refractivity (Wildman–Crippen MR) is 95.3 cm³/mol. The van der Waals surface area contributed by atoms with Gasteiger partial charge < -0.3 is 5.11 Å². The standard InChI is InChI=1S/C18H23N3O2S/c1-12-7-6-8-14(11-12)16-19-20-18(24-13(2)17(22)23)21(16)15-9-4-3-5-10-15/h6-8,11,13,15H,3-5,9-10H2,1-2H3,(H,22,23)/t13-/m0/s1. The van der Waals surface area contributed by atoms with Crippen LogP contribution in [0.2, 0.25) is 0 Å². The molecule has 1 saturated carbocycles. The summed E-state index contributed by atoms with van der Waals surface area (Å²) in [6.07, 6.45) is 5.88. The first-order chi connectivity index (χ1) is 11.6. The summed E-state index contributed by atoms with van der Waals surface area (Å²) in [6.45, 7) is 3.76. The Hall–Kier alpha value is -1.82. The first kappa shape index (κ1) is 17.0. The molecule has 1 atom stereocenters. The number of rotatable bonds is 5. The van der Waals surface area contributed by atoms with Gasteiger partial charge in [-0.2, -0.15) is 0 Å². The van der Waals surface area contributed by atoms with Gasteiger partial charge in [0.05, 0.1) is 0 Å². The summed E-state index contributed by atoms with van der Waals surface area (Å²) in [4.78, 5) is 11.2. The second-order valence-corrected chi connectivity index (χ2v) is 7.74. The molecule has 1 aliphatic rings. The van der Waals surface area contributed by atoms with Gasteiger partial charge in [0.15, 0.2) is 11.0 Å². The monoisotopic (exact) mass is 345 g/mol. The largest absolute Gasteiger partial charge is 0.480 e. The molecule has 2 aromatic rings. The summed E-state index contributed by atoms with van der Waals surface area (Å²) in [7, 11) is 0. The fourth-order valence-electron chi connectivity index (χ4n) is 3.22. The Morgan fingerprint density at radius 3 is 2.71 bits per heavy atom. The van der Waals surface area contributed by atoms with E-state index in [9.17, 15) is 9.90 Å². The quantitative estimate of drug-likeness (QED) is 0.817. The molecule has 5 nitrogen and oxygen atoms in total. The molecule has 1 aromatic heterocycles. The van der Waals surface area contributed by atoms with Gasteiger partial charge in [-0.05, 0) is 32.8 Å². The number of benzene rings is 1. The third-order valence-electron chi connectivity index (χ3n) is 4.51. The highest BCUT2D eigenvalue weighted by Gasteiger charge is 2.26. The summed E-state index contributed by atoms with van der Waals surface area (Å²) < 4.78 is 2.18. The van der Waals surface area contributed by atoms with E-state index in [0.29, 0.717) is 11.2 Å². The Bertz CT molecular complexity index is 723.